The fourth-order valence-electron chi connectivity index (χ4n) is 2.43. The van der Waals surface area contributed by atoms with Crippen molar-refractivity contribution in [2.24, 2.45) is 0 Å². The smallest absolute Gasteiger partial charge is 0.270 e. The molecule has 2 heterocycles. The lowest BCUT2D eigenvalue weighted by molar-refractivity contribution is 0.0945. The van der Waals surface area contributed by atoms with Crippen LogP contribution in [0.5, 0.6) is 11.5 Å². The Morgan fingerprint density at radius 2 is 1.93 bits per heavy atom. The maximum absolute atomic E-state index is 12.4. The highest BCUT2D eigenvalue weighted by molar-refractivity contribution is 5.92. The number of aromatic nitrogens is 2. The normalized spacial score (nSPS) is 10.3. The Balaban J connectivity index is 1.60. The van der Waals surface area contributed by atoms with Crippen molar-refractivity contribution in [1.82, 2.24) is 15.3 Å². The number of amides is 1. The van der Waals surface area contributed by atoms with Crippen LogP contribution in [0.25, 0.3) is 0 Å². The van der Waals surface area contributed by atoms with Crippen LogP contribution >= 0.6 is 0 Å². The zero-order chi connectivity index (χ0) is 19.1. The van der Waals surface area contributed by atoms with Gasteiger partial charge in [0.1, 0.15) is 23.6 Å². The summed E-state index contributed by atoms with van der Waals surface area (Å²) >= 11 is 0. The van der Waals surface area contributed by atoms with Crippen molar-refractivity contribution < 1.29 is 18.7 Å². The molecule has 1 aromatic carbocycles. The number of anilines is 1. The minimum atomic E-state index is -0.298. The molecule has 0 aliphatic carbocycles. The highest BCUT2D eigenvalue weighted by Crippen LogP contribution is 2.27. The molecular weight excluding hydrogens is 348 g/mol. The zero-order valence-corrected chi connectivity index (χ0v) is 15.1. The number of hydrogen-bond donors (Lipinski definition) is 2. The molecule has 0 spiro atoms. The van der Waals surface area contributed by atoms with E-state index in [1.807, 2.05) is 24.3 Å². The Labute approximate surface area is 156 Å². The number of carbonyl (C=O) groups is 1. The first-order valence-electron chi connectivity index (χ1n) is 8.27. The van der Waals surface area contributed by atoms with Gasteiger partial charge in [-0.3, -0.25) is 4.79 Å². The second-order valence-corrected chi connectivity index (χ2v) is 5.59. The van der Waals surface area contributed by atoms with Crippen LogP contribution in [-0.4, -0.2) is 30.1 Å². The standard InChI is InChI=1S/C19H20N4O4/c1-25-16-6-5-13(8-17(16)26-2)10-21-19(24)15-9-18(23-12-22-15)20-11-14-4-3-7-27-14/h3-9,12H,10-11H2,1-2H3,(H,21,24)(H,20,22,23). The van der Waals surface area contributed by atoms with E-state index in [0.717, 1.165) is 11.3 Å². The van der Waals surface area contributed by atoms with Crippen molar-refractivity contribution >= 4 is 11.7 Å². The van der Waals surface area contributed by atoms with E-state index in [4.69, 9.17) is 13.9 Å². The number of nitrogens with zero attached hydrogens (tertiary/aromatic N) is 2. The van der Waals surface area contributed by atoms with E-state index in [2.05, 4.69) is 20.6 Å². The molecule has 0 fully saturated rings. The topological polar surface area (TPSA) is 98.5 Å². The molecule has 27 heavy (non-hydrogen) atoms. The number of carbonyl (C=O) groups excluding carboxylic acids is 1. The van der Waals surface area contributed by atoms with E-state index < -0.39 is 0 Å². The van der Waals surface area contributed by atoms with Crippen LogP contribution in [-0.2, 0) is 13.1 Å². The first kappa shape index (κ1) is 18.2. The highest BCUT2D eigenvalue weighted by Gasteiger charge is 2.10. The summed E-state index contributed by atoms with van der Waals surface area (Å²) in [5.74, 6) is 2.25. The summed E-state index contributed by atoms with van der Waals surface area (Å²) in [5.41, 5.74) is 1.15. The van der Waals surface area contributed by atoms with Gasteiger partial charge in [-0.25, -0.2) is 9.97 Å². The Morgan fingerprint density at radius 1 is 1.07 bits per heavy atom. The van der Waals surface area contributed by atoms with Gasteiger partial charge in [-0.05, 0) is 29.8 Å². The summed E-state index contributed by atoms with van der Waals surface area (Å²) in [4.78, 5) is 20.5. The number of nitrogens with one attached hydrogen (secondary N) is 2. The van der Waals surface area contributed by atoms with Crippen LogP contribution in [0.3, 0.4) is 0 Å². The average molecular weight is 368 g/mol. The summed E-state index contributed by atoms with van der Waals surface area (Å²) in [7, 11) is 3.14. The lowest BCUT2D eigenvalue weighted by Gasteiger charge is -2.10. The van der Waals surface area contributed by atoms with Gasteiger partial charge in [-0.1, -0.05) is 6.07 Å². The van der Waals surface area contributed by atoms with Crippen molar-refractivity contribution in [3.05, 3.63) is 66.0 Å². The van der Waals surface area contributed by atoms with Crippen molar-refractivity contribution in [3.63, 3.8) is 0 Å². The second-order valence-electron chi connectivity index (χ2n) is 5.59. The number of ether oxygens (including phenoxy) is 2. The molecule has 0 bridgehead atoms. The van der Waals surface area contributed by atoms with Gasteiger partial charge in [-0.2, -0.15) is 0 Å². The molecule has 2 N–H and O–H groups in total. The first-order chi connectivity index (χ1) is 13.2. The van der Waals surface area contributed by atoms with Crippen LogP contribution in [0.15, 0.2) is 53.4 Å². The molecule has 0 unspecified atom stereocenters. The Morgan fingerprint density at radius 3 is 2.67 bits per heavy atom. The largest absolute Gasteiger partial charge is 0.493 e. The van der Waals surface area contributed by atoms with Gasteiger partial charge in [0.05, 0.1) is 27.0 Å². The zero-order valence-electron chi connectivity index (χ0n) is 15.1. The minimum Gasteiger partial charge on any atom is -0.493 e. The molecule has 0 aliphatic heterocycles. The molecule has 0 saturated heterocycles. The SMILES string of the molecule is COc1ccc(CNC(=O)c2cc(NCc3ccco3)ncn2)cc1OC. The Hall–Kier alpha value is -3.55. The Kier molecular flexibility index (Phi) is 5.88. The fourth-order valence-corrected chi connectivity index (χ4v) is 2.43. The fraction of sp³-hybridized carbons (Fsp3) is 0.211. The van der Waals surface area contributed by atoms with Gasteiger partial charge in [0.15, 0.2) is 11.5 Å². The second kappa shape index (κ2) is 8.70. The van der Waals surface area contributed by atoms with Crippen LogP contribution in [0.2, 0.25) is 0 Å². The van der Waals surface area contributed by atoms with Crippen molar-refractivity contribution in [2.45, 2.75) is 13.1 Å². The minimum absolute atomic E-state index is 0.271. The molecule has 1 amide bonds. The van der Waals surface area contributed by atoms with Gasteiger partial charge in [0.25, 0.3) is 5.91 Å². The number of methoxy groups -OCH3 is 2. The number of benzene rings is 1. The number of furan rings is 1. The van der Waals surface area contributed by atoms with Crippen molar-refractivity contribution in [3.8, 4) is 11.5 Å². The summed E-state index contributed by atoms with van der Waals surface area (Å²) in [6.45, 7) is 0.801. The van der Waals surface area contributed by atoms with Gasteiger partial charge in [0, 0.05) is 12.6 Å². The molecule has 8 heteroatoms. The van der Waals surface area contributed by atoms with Crippen LogP contribution < -0.4 is 20.1 Å². The molecule has 8 nitrogen and oxygen atoms in total. The van der Waals surface area contributed by atoms with E-state index >= 15 is 0 Å². The van der Waals surface area contributed by atoms with E-state index in [1.165, 1.54) is 6.33 Å². The maximum Gasteiger partial charge on any atom is 0.270 e. The first-order valence-corrected chi connectivity index (χ1v) is 8.27. The number of rotatable bonds is 8. The molecule has 0 saturated carbocycles. The third kappa shape index (κ3) is 4.75. The van der Waals surface area contributed by atoms with Crippen LogP contribution in [0.1, 0.15) is 21.8 Å². The maximum atomic E-state index is 12.4. The molecule has 0 aliphatic rings. The van der Waals surface area contributed by atoms with Gasteiger partial charge < -0.3 is 24.5 Å². The van der Waals surface area contributed by atoms with Crippen LogP contribution in [0.4, 0.5) is 5.82 Å². The van der Waals surface area contributed by atoms with E-state index in [1.54, 1.807) is 32.6 Å². The third-order valence-corrected chi connectivity index (χ3v) is 3.82. The van der Waals surface area contributed by atoms with Crippen molar-refractivity contribution in [2.75, 3.05) is 19.5 Å². The lowest BCUT2D eigenvalue weighted by Crippen LogP contribution is -2.24. The van der Waals surface area contributed by atoms with E-state index in [0.29, 0.717) is 30.4 Å². The molecule has 140 valence electrons. The van der Waals surface area contributed by atoms with Gasteiger partial charge >= 0.3 is 0 Å². The summed E-state index contributed by atoms with van der Waals surface area (Å²) in [5, 5.41) is 5.92. The van der Waals surface area contributed by atoms with E-state index in [9.17, 15) is 4.79 Å². The number of hydrogen-bond acceptors (Lipinski definition) is 7. The average Bonchev–Trinajstić information content (AvgIpc) is 3.24. The van der Waals surface area contributed by atoms with Crippen molar-refractivity contribution in [1.29, 1.82) is 0 Å². The molecule has 0 radical (unpaired) electrons. The lowest BCUT2D eigenvalue weighted by atomic mass is 10.2. The highest BCUT2D eigenvalue weighted by atomic mass is 16.5. The van der Waals surface area contributed by atoms with Gasteiger partial charge in [-0.15, -0.1) is 0 Å². The summed E-state index contributed by atoms with van der Waals surface area (Å²) in [6.07, 6.45) is 2.94. The third-order valence-electron chi connectivity index (χ3n) is 3.82. The monoisotopic (exact) mass is 368 g/mol. The summed E-state index contributed by atoms with van der Waals surface area (Å²) in [6, 6.07) is 10.7. The predicted molar refractivity (Wildman–Crippen MR) is 98.8 cm³/mol. The molecule has 2 aromatic heterocycles. The molecule has 3 rings (SSSR count). The molecular formula is C19H20N4O4. The Bertz CT molecular complexity index is 896. The quantitative estimate of drug-likeness (QED) is 0.630. The molecule has 0 atom stereocenters. The van der Waals surface area contributed by atoms with Crippen LogP contribution in [0, 0.1) is 0 Å². The predicted octanol–water partition coefficient (Wildman–Crippen LogP) is 2.63. The summed E-state index contributed by atoms with van der Waals surface area (Å²) < 4.78 is 15.7. The molecule has 3 aromatic rings. The van der Waals surface area contributed by atoms with Gasteiger partial charge in [0.2, 0.25) is 0 Å². The van der Waals surface area contributed by atoms with E-state index in [-0.39, 0.29) is 11.6 Å².